The molecule has 8 heteroatoms. The number of thioether (sulfide) groups is 1. The van der Waals surface area contributed by atoms with E-state index in [0.717, 1.165) is 11.8 Å². The van der Waals surface area contributed by atoms with E-state index in [1.165, 1.54) is 10.8 Å². The third kappa shape index (κ3) is 2.12. The Labute approximate surface area is 106 Å². The highest BCUT2D eigenvalue weighted by molar-refractivity contribution is 8.00. The number of nitrogens with one attached hydrogen (secondary N) is 1. The van der Waals surface area contributed by atoms with Gasteiger partial charge in [-0.25, -0.2) is 4.79 Å². The number of hydrogen-bond acceptors (Lipinski definition) is 6. The summed E-state index contributed by atoms with van der Waals surface area (Å²) in [5, 5.41) is 27.3. The number of aliphatic hydroxyl groups excluding tert-OH is 3. The molecule has 0 unspecified atom stereocenters. The number of H-pyrrole nitrogens is 1. The second-order valence-corrected chi connectivity index (χ2v) is 5.57. The maximum atomic E-state index is 11.7. The fraction of sp³-hybridized carbons (Fsp3) is 0.600. The minimum atomic E-state index is -1.17. The smallest absolute Gasteiger partial charge is 0.329 e. The van der Waals surface area contributed by atoms with E-state index in [2.05, 4.69) is 4.98 Å². The van der Waals surface area contributed by atoms with Gasteiger partial charge in [0.05, 0.1) is 18.0 Å². The lowest BCUT2D eigenvalue weighted by Gasteiger charge is -2.17. The van der Waals surface area contributed by atoms with Crippen molar-refractivity contribution in [2.45, 2.75) is 29.8 Å². The van der Waals surface area contributed by atoms with Crippen molar-refractivity contribution in [2.24, 2.45) is 0 Å². The van der Waals surface area contributed by atoms with Gasteiger partial charge in [-0.3, -0.25) is 14.3 Å². The molecule has 2 heterocycles. The first-order valence-corrected chi connectivity index (χ1v) is 6.34. The topological polar surface area (TPSA) is 116 Å². The summed E-state index contributed by atoms with van der Waals surface area (Å²) in [6.45, 7) is 1.25. The van der Waals surface area contributed by atoms with Crippen LogP contribution in [0.15, 0.2) is 15.8 Å². The minimum Gasteiger partial charge on any atom is -0.395 e. The largest absolute Gasteiger partial charge is 0.395 e. The van der Waals surface area contributed by atoms with Crippen molar-refractivity contribution in [2.75, 3.05) is 6.61 Å². The third-order valence-corrected chi connectivity index (χ3v) is 4.50. The van der Waals surface area contributed by atoms with Gasteiger partial charge in [-0.1, -0.05) is 0 Å². The Morgan fingerprint density at radius 2 is 2.06 bits per heavy atom. The zero-order valence-electron chi connectivity index (χ0n) is 9.61. The fourth-order valence-corrected chi connectivity index (χ4v) is 3.26. The zero-order valence-corrected chi connectivity index (χ0v) is 10.4. The highest BCUT2D eigenvalue weighted by Crippen LogP contribution is 2.40. The van der Waals surface area contributed by atoms with Crippen molar-refractivity contribution in [3.05, 3.63) is 32.6 Å². The molecule has 4 N–H and O–H groups in total. The van der Waals surface area contributed by atoms with Crippen molar-refractivity contribution in [1.29, 1.82) is 0 Å². The van der Waals surface area contributed by atoms with Gasteiger partial charge >= 0.3 is 5.69 Å². The normalized spacial score (nSPS) is 31.8. The highest BCUT2D eigenvalue weighted by atomic mass is 32.2. The van der Waals surface area contributed by atoms with Crippen LogP contribution in [0.2, 0.25) is 0 Å². The van der Waals surface area contributed by atoms with Crippen molar-refractivity contribution >= 4 is 11.8 Å². The molecule has 0 amide bonds. The van der Waals surface area contributed by atoms with Crippen molar-refractivity contribution in [3.63, 3.8) is 0 Å². The van der Waals surface area contributed by atoms with Crippen LogP contribution < -0.4 is 11.2 Å². The Morgan fingerprint density at radius 3 is 2.61 bits per heavy atom. The lowest BCUT2D eigenvalue weighted by molar-refractivity contribution is 0.0101. The summed E-state index contributed by atoms with van der Waals surface area (Å²) in [6, 6.07) is 0. The predicted octanol–water partition coefficient (Wildman–Crippen LogP) is -1.83. The Kier molecular flexibility index (Phi) is 3.62. The van der Waals surface area contributed by atoms with Gasteiger partial charge in [0, 0.05) is 11.8 Å². The van der Waals surface area contributed by atoms with E-state index in [-0.39, 0.29) is 6.61 Å². The molecule has 0 bridgehead atoms. The predicted molar refractivity (Wildman–Crippen MR) is 65.6 cm³/mol. The summed E-state index contributed by atoms with van der Waals surface area (Å²) in [5.41, 5.74) is -0.787. The van der Waals surface area contributed by atoms with E-state index < -0.39 is 34.1 Å². The number of hydrogen-bond donors (Lipinski definition) is 4. The number of aliphatic hydroxyl groups is 3. The van der Waals surface area contributed by atoms with Crippen molar-refractivity contribution in [1.82, 2.24) is 9.55 Å². The molecular weight excluding hydrogens is 260 g/mol. The molecule has 1 aliphatic heterocycles. The van der Waals surface area contributed by atoms with Gasteiger partial charge in [0.15, 0.2) is 0 Å². The van der Waals surface area contributed by atoms with Crippen LogP contribution >= 0.6 is 11.8 Å². The molecular formula is C10H14N2O5S. The Balaban J connectivity index is 2.42. The van der Waals surface area contributed by atoms with Gasteiger partial charge in [-0.15, -0.1) is 11.8 Å². The molecule has 4 atom stereocenters. The average molecular weight is 274 g/mol. The SMILES string of the molecule is Cc1cn([C@H]2S[C@H](CO)[C@@H](O)[C@H]2O)c(=O)[nH]c1=O. The molecule has 0 radical (unpaired) electrons. The molecule has 100 valence electrons. The van der Waals surface area contributed by atoms with Crippen molar-refractivity contribution in [3.8, 4) is 0 Å². The summed E-state index contributed by atoms with van der Waals surface area (Å²) in [7, 11) is 0. The molecule has 1 aromatic rings. The number of nitrogens with zero attached hydrogens (tertiary/aromatic N) is 1. The molecule has 1 aromatic heterocycles. The zero-order chi connectivity index (χ0) is 13.4. The molecule has 18 heavy (non-hydrogen) atoms. The van der Waals surface area contributed by atoms with E-state index in [9.17, 15) is 19.8 Å². The van der Waals surface area contributed by atoms with Crippen LogP contribution in [0.1, 0.15) is 10.9 Å². The van der Waals surface area contributed by atoms with Gasteiger partial charge < -0.3 is 15.3 Å². The fourth-order valence-electron chi connectivity index (χ4n) is 1.88. The van der Waals surface area contributed by atoms with E-state index in [1.807, 2.05) is 0 Å². The summed E-state index contributed by atoms with van der Waals surface area (Å²) in [4.78, 5) is 25.0. The third-order valence-electron chi connectivity index (χ3n) is 2.94. The first-order valence-electron chi connectivity index (χ1n) is 5.40. The summed E-state index contributed by atoms with van der Waals surface area (Å²) in [5.74, 6) is 0. The Morgan fingerprint density at radius 1 is 1.39 bits per heavy atom. The maximum absolute atomic E-state index is 11.7. The molecule has 2 rings (SSSR count). The lowest BCUT2D eigenvalue weighted by atomic mass is 10.1. The number of rotatable bonds is 2. The molecule has 0 saturated carbocycles. The molecule has 0 aliphatic carbocycles. The van der Waals surface area contributed by atoms with Crippen LogP contribution in [0.25, 0.3) is 0 Å². The standard InChI is InChI=1S/C10H14N2O5S/c1-4-2-12(10(17)11-8(4)16)9-7(15)6(14)5(3-13)18-9/h2,5-7,9,13-15H,3H2,1H3,(H,11,16,17)/t5-,6-,7-,9+/m1/s1. The Bertz CT molecular complexity index is 554. The van der Waals surface area contributed by atoms with E-state index in [1.54, 1.807) is 6.92 Å². The molecule has 0 aromatic carbocycles. The number of aryl methyl sites for hydroxylation is 1. The first-order chi connectivity index (χ1) is 8.45. The van der Waals surface area contributed by atoms with Crippen LogP contribution in [0, 0.1) is 6.92 Å². The summed E-state index contributed by atoms with van der Waals surface area (Å²) in [6.07, 6.45) is -0.937. The first kappa shape index (κ1) is 13.3. The lowest BCUT2D eigenvalue weighted by Crippen LogP contribution is -2.38. The molecule has 1 fully saturated rings. The van der Waals surface area contributed by atoms with Gasteiger partial charge in [0.2, 0.25) is 0 Å². The van der Waals surface area contributed by atoms with E-state index in [4.69, 9.17) is 5.11 Å². The second-order valence-electron chi connectivity index (χ2n) is 4.21. The Hall–Kier alpha value is -1.09. The van der Waals surface area contributed by atoms with Gasteiger partial charge in [0.25, 0.3) is 5.56 Å². The molecule has 1 aliphatic rings. The van der Waals surface area contributed by atoms with Gasteiger partial charge in [0.1, 0.15) is 11.5 Å². The second kappa shape index (κ2) is 4.88. The van der Waals surface area contributed by atoms with Crippen LogP contribution in [0.4, 0.5) is 0 Å². The van der Waals surface area contributed by atoms with Crippen LogP contribution in [0.5, 0.6) is 0 Å². The molecule has 0 spiro atoms. The average Bonchev–Trinajstić information content (AvgIpc) is 2.61. The van der Waals surface area contributed by atoms with E-state index in [0.29, 0.717) is 5.56 Å². The van der Waals surface area contributed by atoms with E-state index >= 15 is 0 Å². The summed E-state index contributed by atoms with van der Waals surface area (Å²) < 4.78 is 1.17. The summed E-state index contributed by atoms with van der Waals surface area (Å²) >= 11 is 1.10. The van der Waals surface area contributed by atoms with Gasteiger partial charge in [-0.2, -0.15) is 0 Å². The monoisotopic (exact) mass is 274 g/mol. The number of aromatic amines is 1. The maximum Gasteiger partial charge on any atom is 0.329 e. The highest BCUT2D eigenvalue weighted by Gasteiger charge is 2.43. The molecule has 7 nitrogen and oxygen atoms in total. The minimum absolute atomic E-state index is 0.295. The number of aromatic nitrogens is 2. The van der Waals surface area contributed by atoms with Gasteiger partial charge in [-0.05, 0) is 6.92 Å². The van der Waals surface area contributed by atoms with Crippen LogP contribution in [-0.4, -0.2) is 48.9 Å². The molecule has 1 saturated heterocycles. The van der Waals surface area contributed by atoms with Crippen LogP contribution in [-0.2, 0) is 0 Å². The van der Waals surface area contributed by atoms with Crippen LogP contribution in [0.3, 0.4) is 0 Å². The quantitative estimate of drug-likeness (QED) is 0.504. The van der Waals surface area contributed by atoms with Crippen molar-refractivity contribution < 1.29 is 15.3 Å².